The van der Waals surface area contributed by atoms with Crippen LogP contribution in [0.4, 0.5) is 0 Å². The fourth-order valence-corrected chi connectivity index (χ4v) is 7.83. The molecule has 0 radical (unpaired) electrons. The molecule has 3 heterocycles. The van der Waals surface area contributed by atoms with Gasteiger partial charge in [0.25, 0.3) is 0 Å². The maximum absolute atomic E-state index is 6.65. The summed E-state index contributed by atoms with van der Waals surface area (Å²) in [6, 6.07) is 60.3. The van der Waals surface area contributed by atoms with Gasteiger partial charge in [0.2, 0.25) is 0 Å². The molecule has 0 atom stereocenters. The van der Waals surface area contributed by atoms with Crippen molar-refractivity contribution < 1.29 is 8.83 Å². The summed E-state index contributed by atoms with van der Waals surface area (Å²) in [6.45, 7) is 0. The Morgan fingerprint density at radius 1 is 0.315 bits per heavy atom. The zero-order chi connectivity index (χ0) is 35.6. The Morgan fingerprint density at radius 3 is 1.70 bits per heavy atom. The lowest BCUT2D eigenvalue weighted by atomic mass is 9.91. The highest BCUT2D eigenvalue weighted by atomic mass is 16.3. The fraction of sp³-hybridized carbons (Fsp3) is 0. The van der Waals surface area contributed by atoms with Crippen LogP contribution in [0.25, 0.3) is 111 Å². The molecular formula is C49H29N3O2. The minimum Gasteiger partial charge on any atom is -0.456 e. The smallest absolute Gasteiger partial charge is 0.165 e. The molecule has 252 valence electrons. The molecule has 5 heteroatoms. The Labute approximate surface area is 309 Å². The predicted molar refractivity (Wildman–Crippen MR) is 219 cm³/mol. The highest BCUT2D eigenvalue weighted by Gasteiger charge is 2.24. The van der Waals surface area contributed by atoms with Crippen LogP contribution in [0.3, 0.4) is 0 Å². The van der Waals surface area contributed by atoms with E-state index >= 15 is 0 Å². The Kier molecular flexibility index (Phi) is 6.79. The second-order valence-electron chi connectivity index (χ2n) is 13.5. The van der Waals surface area contributed by atoms with Crippen LogP contribution in [0, 0.1) is 0 Å². The van der Waals surface area contributed by atoms with E-state index < -0.39 is 0 Å². The Hall–Kier alpha value is -7.37. The van der Waals surface area contributed by atoms with Crippen molar-refractivity contribution in [2.75, 3.05) is 0 Å². The van der Waals surface area contributed by atoms with Crippen LogP contribution in [0.5, 0.6) is 0 Å². The van der Waals surface area contributed by atoms with Crippen LogP contribution in [0.15, 0.2) is 185 Å². The zero-order valence-corrected chi connectivity index (χ0v) is 28.9. The first-order chi connectivity index (χ1) is 26.8. The van der Waals surface area contributed by atoms with Gasteiger partial charge in [-0.3, -0.25) is 0 Å². The molecule has 0 aliphatic carbocycles. The molecule has 11 aromatic rings. The van der Waals surface area contributed by atoms with Crippen molar-refractivity contribution in [3.8, 4) is 56.4 Å². The van der Waals surface area contributed by atoms with Crippen molar-refractivity contribution in [3.05, 3.63) is 176 Å². The predicted octanol–water partition coefficient (Wildman–Crippen LogP) is 13.2. The van der Waals surface area contributed by atoms with Gasteiger partial charge in [-0.15, -0.1) is 0 Å². The Morgan fingerprint density at radius 2 is 0.907 bits per heavy atom. The quantitative estimate of drug-likeness (QED) is 0.180. The molecule has 0 bridgehead atoms. The molecule has 0 amide bonds. The molecule has 0 fully saturated rings. The number of para-hydroxylation sites is 1. The number of hydrogen-bond donors (Lipinski definition) is 0. The minimum absolute atomic E-state index is 0.563. The van der Waals surface area contributed by atoms with Crippen LogP contribution < -0.4 is 0 Å². The van der Waals surface area contributed by atoms with Crippen LogP contribution in [0.2, 0.25) is 0 Å². The van der Waals surface area contributed by atoms with E-state index in [1.807, 2.05) is 60.7 Å². The first-order valence-electron chi connectivity index (χ1n) is 18.0. The lowest BCUT2D eigenvalue weighted by Gasteiger charge is -2.14. The number of nitrogens with zero attached hydrogens (tertiary/aromatic N) is 3. The maximum Gasteiger partial charge on any atom is 0.165 e. The molecule has 54 heavy (non-hydrogen) atoms. The van der Waals surface area contributed by atoms with Crippen molar-refractivity contribution in [1.82, 2.24) is 15.0 Å². The number of furan rings is 2. The number of rotatable bonds is 5. The maximum atomic E-state index is 6.65. The second-order valence-corrected chi connectivity index (χ2v) is 13.5. The summed E-state index contributed by atoms with van der Waals surface area (Å²) in [4.78, 5) is 15.7. The van der Waals surface area contributed by atoms with Gasteiger partial charge in [0.15, 0.2) is 17.5 Å². The third kappa shape index (κ3) is 4.83. The summed E-state index contributed by atoms with van der Waals surface area (Å²) < 4.78 is 13.1. The summed E-state index contributed by atoms with van der Waals surface area (Å²) in [7, 11) is 0. The molecule has 11 rings (SSSR count). The monoisotopic (exact) mass is 691 g/mol. The van der Waals surface area contributed by atoms with E-state index in [4.69, 9.17) is 23.8 Å². The van der Waals surface area contributed by atoms with Gasteiger partial charge in [-0.1, -0.05) is 146 Å². The standard InChI is InChI=1S/C49H29N3O2/c1-3-12-30(13-4-1)31-22-24-34(25-23-31)48-50-47(33-15-5-2-6-16-33)51-49(52-48)45-37(28-29-42-44(45)38-18-9-10-20-40(38)53-42)36-19-11-21-41-43(36)39-27-26-32-14-7-8-17-35(32)46(39)54-41/h1-29H. The normalized spacial score (nSPS) is 11.7. The molecule has 0 unspecified atom stereocenters. The topological polar surface area (TPSA) is 65.0 Å². The zero-order valence-electron chi connectivity index (χ0n) is 28.9. The van der Waals surface area contributed by atoms with Gasteiger partial charge in [0.05, 0.1) is 0 Å². The molecule has 8 aromatic carbocycles. The lowest BCUT2D eigenvalue weighted by Crippen LogP contribution is -2.01. The Bertz CT molecular complexity index is 3200. The summed E-state index contributed by atoms with van der Waals surface area (Å²) in [5, 5.41) is 6.27. The summed E-state index contributed by atoms with van der Waals surface area (Å²) in [5.74, 6) is 1.75. The lowest BCUT2D eigenvalue weighted by molar-refractivity contribution is 0.669. The summed E-state index contributed by atoms with van der Waals surface area (Å²) in [5.41, 5.74) is 10.2. The molecular weight excluding hydrogens is 663 g/mol. The molecule has 3 aromatic heterocycles. The SMILES string of the molecule is c1ccc(-c2ccc(-c3nc(-c4ccccc4)nc(-c4c(-c5cccc6oc7c8ccccc8ccc7c56)ccc5oc6ccccc6c45)n3)cc2)cc1. The van der Waals surface area contributed by atoms with Crippen LogP contribution >= 0.6 is 0 Å². The molecule has 0 aliphatic rings. The average Bonchev–Trinajstić information content (AvgIpc) is 3.83. The Balaban J connectivity index is 1.21. The molecule has 0 aliphatic heterocycles. The molecule has 0 saturated carbocycles. The van der Waals surface area contributed by atoms with Crippen LogP contribution in [-0.2, 0) is 0 Å². The van der Waals surface area contributed by atoms with Crippen LogP contribution in [0.1, 0.15) is 0 Å². The summed E-state index contributed by atoms with van der Waals surface area (Å²) in [6.07, 6.45) is 0. The van der Waals surface area contributed by atoms with E-state index in [1.165, 1.54) is 0 Å². The van der Waals surface area contributed by atoms with E-state index in [0.29, 0.717) is 17.5 Å². The highest BCUT2D eigenvalue weighted by molar-refractivity contribution is 6.22. The minimum atomic E-state index is 0.563. The van der Waals surface area contributed by atoms with Gasteiger partial charge >= 0.3 is 0 Å². The van der Waals surface area contributed by atoms with E-state index in [-0.39, 0.29) is 0 Å². The van der Waals surface area contributed by atoms with Crippen molar-refractivity contribution in [2.24, 2.45) is 0 Å². The first kappa shape index (κ1) is 30.3. The molecule has 0 N–H and O–H groups in total. The van der Waals surface area contributed by atoms with Crippen molar-refractivity contribution in [1.29, 1.82) is 0 Å². The number of benzene rings is 8. The third-order valence-electron chi connectivity index (χ3n) is 10.4. The van der Waals surface area contributed by atoms with E-state index in [9.17, 15) is 0 Å². The van der Waals surface area contributed by atoms with Gasteiger partial charge in [-0.05, 0) is 58.0 Å². The first-order valence-corrected chi connectivity index (χ1v) is 18.0. The number of aromatic nitrogens is 3. The van der Waals surface area contributed by atoms with Crippen molar-refractivity contribution >= 4 is 54.6 Å². The fourth-order valence-electron chi connectivity index (χ4n) is 7.83. The van der Waals surface area contributed by atoms with Crippen molar-refractivity contribution in [2.45, 2.75) is 0 Å². The molecule has 0 saturated heterocycles. The number of fused-ring (bicyclic) bond motifs is 8. The van der Waals surface area contributed by atoms with E-state index in [0.717, 1.165) is 93.6 Å². The van der Waals surface area contributed by atoms with Crippen molar-refractivity contribution in [3.63, 3.8) is 0 Å². The van der Waals surface area contributed by atoms with Gasteiger partial charge < -0.3 is 8.83 Å². The molecule has 5 nitrogen and oxygen atoms in total. The highest BCUT2D eigenvalue weighted by Crippen LogP contribution is 2.46. The van der Waals surface area contributed by atoms with E-state index in [1.54, 1.807) is 0 Å². The van der Waals surface area contributed by atoms with Crippen LogP contribution in [-0.4, -0.2) is 15.0 Å². The van der Waals surface area contributed by atoms with Gasteiger partial charge in [0.1, 0.15) is 22.3 Å². The second kappa shape index (κ2) is 12.1. The van der Waals surface area contributed by atoms with Gasteiger partial charge in [0, 0.05) is 43.6 Å². The van der Waals surface area contributed by atoms with Gasteiger partial charge in [-0.2, -0.15) is 0 Å². The summed E-state index contributed by atoms with van der Waals surface area (Å²) >= 11 is 0. The third-order valence-corrected chi connectivity index (χ3v) is 10.4. The largest absolute Gasteiger partial charge is 0.456 e. The van der Waals surface area contributed by atoms with Gasteiger partial charge in [-0.25, -0.2) is 15.0 Å². The number of hydrogen-bond acceptors (Lipinski definition) is 5. The van der Waals surface area contributed by atoms with E-state index in [2.05, 4.69) is 115 Å². The average molecular weight is 692 g/mol. The molecule has 0 spiro atoms.